The molecule has 8 nitrogen and oxygen atoms in total. The minimum atomic E-state index is -3.77. The molecule has 0 aromatic heterocycles. The van der Waals surface area contributed by atoms with Gasteiger partial charge in [0.15, 0.2) is 0 Å². The molecule has 0 bridgehead atoms. The summed E-state index contributed by atoms with van der Waals surface area (Å²) in [7, 11) is -0.705. The molecule has 0 aliphatic carbocycles. The number of halogens is 1. The Kier molecular flexibility index (Phi) is 9.09. The fourth-order valence-corrected chi connectivity index (χ4v) is 4.74. The van der Waals surface area contributed by atoms with Crippen LogP contribution in [0.25, 0.3) is 0 Å². The minimum absolute atomic E-state index is 0.141. The first-order valence-corrected chi connectivity index (χ1v) is 12.6. The highest BCUT2D eigenvalue weighted by Gasteiger charge is 2.31. The molecule has 1 N–H and O–H groups in total. The normalized spacial score (nSPS) is 12.0. The van der Waals surface area contributed by atoms with Gasteiger partial charge >= 0.3 is 0 Å². The molecule has 32 heavy (non-hydrogen) atoms. The van der Waals surface area contributed by atoms with E-state index in [-0.39, 0.29) is 12.5 Å². The maximum absolute atomic E-state index is 13.4. The Morgan fingerprint density at radius 1 is 1.12 bits per heavy atom. The lowest BCUT2D eigenvalue weighted by Gasteiger charge is -2.32. The van der Waals surface area contributed by atoms with Crippen molar-refractivity contribution in [3.8, 4) is 5.75 Å². The number of sulfonamides is 1. The number of carbonyl (C=O) groups is 2. The zero-order valence-electron chi connectivity index (χ0n) is 18.5. The number of nitrogens with one attached hydrogen (secondary N) is 1. The van der Waals surface area contributed by atoms with Crippen molar-refractivity contribution < 1.29 is 22.7 Å². The van der Waals surface area contributed by atoms with Crippen LogP contribution >= 0.6 is 15.9 Å². The standard InChI is InChI=1S/C22H28BrN3O5S/c1-5-19(22(28)24-2)25(14-16-10-12-17(31-3)13-11-16)21(27)15-26(32(4,29)30)20-9-7-6-8-18(20)23/h6-13,19H,5,14-15H2,1-4H3,(H,24,28). The van der Waals surface area contributed by atoms with Crippen molar-refractivity contribution in [2.24, 2.45) is 0 Å². The molecule has 10 heteroatoms. The minimum Gasteiger partial charge on any atom is -0.497 e. The van der Waals surface area contributed by atoms with Crippen molar-refractivity contribution in [3.05, 3.63) is 58.6 Å². The fourth-order valence-electron chi connectivity index (χ4n) is 3.26. The molecule has 0 saturated heterocycles. The number of methoxy groups -OCH3 is 1. The van der Waals surface area contributed by atoms with E-state index in [4.69, 9.17) is 4.74 Å². The number of likely N-dealkylation sites (N-methyl/N-ethyl adjacent to an activating group) is 1. The van der Waals surface area contributed by atoms with Crippen LogP contribution in [0, 0.1) is 0 Å². The van der Waals surface area contributed by atoms with Gasteiger partial charge in [-0.25, -0.2) is 8.42 Å². The van der Waals surface area contributed by atoms with Crippen LogP contribution in [0.3, 0.4) is 0 Å². The SMILES string of the molecule is CCC(C(=O)NC)N(Cc1ccc(OC)cc1)C(=O)CN(c1ccccc1Br)S(C)(=O)=O. The summed E-state index contributed by atoms with van der Waals surface area (Å²) in [5, 5.41) is 2.59. The molecule has 0 heterocycles. The Hall–Kier alpha value is -2.59. The van der Waals surface area contributed by atoms with Gasteiger partial charge in [-0.1, -0.05) is 31.2 Å². The Morgan fingerprint density at radius 2 is 1.75 bits per heavy atom. The van der Waals surface area contributed by atoms with Crippen molar-refractivity contribution in [1.29, 1.82) is 0 Å². The second kappa shape index (κ2) is 11.3. The predicted molar refractivity (Wildman–Crippen MR) is 128 cm³/mol. The highest BCUT2D eigenvalue weighted by Crippen LogP contribution is 2.28. The number of carbonyl (C=O) groups excluding carboxylic acids is 2. The lowest BCUT2D eigenvalue weighted by molar-refractivity contribution is -0.140. The molecule has 1 unspecified atom stereocenters. The van der Waals surface area contributed by atoms with Gasteiger partial charge in [-0.05, 0) is 52.2 Å². The first-order valence-electron chi connectivity index (χ1n) is 9.98. The van der Waals surface area contributed by atoms with Gasteiger partial charge < -0.3 is 15.0 Å². The smallest absolute Gasteiger partial charge is 0.244 e. The molecule has 0 radical (unpaired) electrons. The summed E-state index contributed by atoms with van der Waals surface area (Å²) in [6.45, 7) is 1.50. The Morgan fingerprint density at radius 3 is 2.25 bits per heavy atom. The highest BCUT2D eigenvalue weighted by molar-refractivity contribution is 9.10. The molecule has 0 aliphatic rings. The number of benzene rings is 2. The van der Waals surface area contributed by atoms with Crippen LogP contribution < -0.4 is 14.4 Å². The highest BCUT2D eigenvalue weighted by atomic mass is 79.9. The van der Waals surface area contributed by atoms with E-state index in [1.807, 2.05) is 0 Å². The largest absolute Gasteiger partial charge is 0.497 e. The molecule has 1 atom stereocenters. The molecule has 0 fully saturated rings. The fraction of sp³-hybridized carbons (Fsp3) is 0.364. The van der Waals surface area contributed by atoms with Crippen LogP contribution in [0.4, 0.5) is 5.69 Å². The third-order valence-electron chi connectivity index (χ3n) is 4.94. The average molecular weight is 526 g/mol. The number of nitrogens with zero attached hydrogens (tertiary/aromatic N) is 2. The van der Waals surface area contributed by atoms with Gasteiger partial charge in [0.2, 0.25) is 21.8 Å². The molecular weight excluding hydrogens is 498 g/mol. The maximum Gasteiger partial charge on any atom is 0.244 e. The summed E-state index contributed by atoms with van der Waals surface area (Å²) in [5.74, 6) is -0.138. The third-order valence-corrected chi connectivity index (χ3v) is 6.74. The van der Waals surface area contributed by atoms with E-state index < -0.39 is 28.5 Å². The van der Waals surface area contributed by atoms with Gasteiger partial charge in [0.25, 0.3) is 0 Å². The van der Waals surface area contributed by atoms with Crippen LogP contribution in [-0.4, -0.2) is 58.1 Å². The molecular formula is C22H28BrN3O5S. The van der Waals surface area contributed by atoms with E-state index in [9.17, 15) is 18.0 Å². The molecule has 0 saturated carbocycles. The number of amides is 2. The van der Waals surface area contributed by atoms with E-state index in [1.54, 1.807) is 62.6 Å². The second-order valence-electron chi connectivity index (χ2n) is 7.13. The summed E-state index contributed by atoms with van der Waals surface area (Å²) in [6.07, 6.45) is 1.42. The van der Waals surface area contributed by atoms with Gasteiger partial charge in [-0.3, -0.25) is 13.9 Å². The Bertz CT molecular complexity index is 1040. The monoisotopic (exact) mass is 525 g/mol. The first kappa shape index (κ1) is 25.7. The molecule has 2 rings (SSSR count). The average Bonchev–Trinajstić information content (AvgIpc) is 2.77. The maximum atomic E-state index is 13.4. The van der Waals surface area contributed by atoms with Gasteiger partial charge in [-0.15, -0.1) is 0 Å². The van der Waals surface area contributed by atoms with E-state index in [1.165, 1.54) is 11.9 Å². The summed E-state index contributed by atoms with van der Waals surface area (Å²) in [5.41, 5.74) is 1.13. The van der Waals surface area contributed by atoms with Gasteiger partial charge in [0.1, 0.15) is 18.3 Å². The summed E-state index contributed by atoms with van der Waals surface area (Å²) in [4.78, 5) is 27.4. The van der Waals surface area contributed by atoms with Crippen LogP contribution in [0.2, 0.25) is 0 Å². The number of ether oxygens (including phenoxy) is 1. The first-order chi connectivity index (χ1) is 15.1. The van der Waals surface area contributed by atoms with Crippen molar-refractivity contribution in [2.75, 3.05) is 31.3 Å². The quantitative estimate of drug-likeness (QED) is 0.514. The number of para-hydroxylation sites is 1. The topological polar surface area (TPSA) is 96.0 Å². The lowest BCUT2D eigenvalue weighted by Crippen LogP contribution is -2.51. The molecule has 174 valence electrons. The van der Waals surface area contributed by atoms with Gasteiger partial charge in [-0.2, -0.15) is 0 Å². The summed E-state index contributed by atoms with van der Waals surface area (Å²) in [6, 6.07) is 13.1. The van der Waals surface area contributed by atoms with E-state index in [2.05, 4.69) is 21.2 Å². The summed E-state index contributed by atoms with van der Waals surface area (Å²) >= 11 is 3.35. The van der Waals surface area contributed by atoms with Crippen LogP contribution in [-0.2, 0) is 26.2 Å². The third kappa shape index (κ3) is 6.46. The molecule has 0 spiro atoms. The molecule has 2 aromatic rings. The van der Waals surface area contributed by atoms with Crippen molar-refractivity contribution in [2.45, 2.75) is 25.9 Å². The number of anilines is 1. The Balaban J connectivity index is 2.42. The zero-order chi connectivity index (χ0) is 23.9. The van der Waals surface area contributed by atoms with Crippen LogP contribution in [0.1, 0.15) is 18.9 Å². The molecule has 2 aromatic carbocycles. The van der Waals surface area contributed by atoms with Crippen LogP contribution in [0.15, 0.2) is 53.0 Å². The van der Waals surface area contributed by atoms with Crippen LogP contribution in [0.5, 0.6) is 5.75 Å². The van der Waals surface area contributed by atoms with Gasteiger partial charge in [0.05, 0.1) is 19.1 Å². The number of hydrogen-bond donors (Lipinski definition) is 1. The van der Waals surface area contributed by atoms with Crippen molar-refractivity contribution in [3.63, 3.8) is 0 Å². The van der Waals surface area contributed by atoms with Crippen molar-refractivity contribution in [1.82, 2.24) is 10.2 Å². The number of rotatable bonds is 10. The summed E-state index contributed by atoms with van der Waals surface area (Å²) < 4.78 is 31.8. The van der Waals surface area contributed by atoms with E-state index in [0.29, 0.717) is 22.3 Å². The van der Waals surface area contributed by atoms with E-state index >= 15 is 0 Å². The molecule has 0 aliphatic heterocycles. The Labute approximate surface area is 197 Å². The predicted octanol–water partition coefficient (Wildman–Crippen LogP) is 2.78. The number of hydrogen-bond acceptors (Lipinski definition) is 5. The second-order valence-corrected chi connectivity index (χ2v) is 9.89. The molecule has 2 amide bonds. The van der Waals surface area contributed by atoms with Crippen molar-refractivity contribution >= 4 is 43.5 Å². The van der Waals surface area contributed by atoms with E-state index in [0.717, 1.165) is 16.1 Å². The van der Waals surface area contributed by atoms with Gasteiger partial charge in [0, 0.05) is 18.1 Å². The lowest BCUT2D eigenvalue weighted by atomic mass is 10.1. The zero-order valence-corrected chi connectivity index (χ0v) is 20.9.